The van der Waals surface area contributed by atoms with Crippen LogP contribution in [0.3, 0.4) is 0 Å². The van der Waals surface area contributed by atoms with E-state index in [0.29, 0.717) is 23.0 Å². The number of carbonyl (C=O) groups excluding carboxylic acids is 3. The summed E-state index contributed by atoms with van der Waals surface area (Å²) < 4.78 is 5.85. The molecule has 0 radical (unpaired) electrons. The number of fused-ring (bicyclic) bond motifs is 4. The molecule has 0 spiro atoms. The van der Waals surface area contributed by atoms with E-state index in [1.54, 1.807) is 0 Å². The van der Waals surface area contributed by atoms with Crippen molar-refractivity contribution >= 4 is 41.0 Å². The van der Waals surface area contributed by atoms with Crippen molar-refractivity contribution in [3.8, 4) is 11.1 Å². The number of esters is 1. The third kappa shape index (κ3) is 8.03. The molecule has 0 heterocycles. The summed E-state index contributed by atoms with van der Waals surface area (Å²) in [7, 11) is 1.91. The largest absolute Gasteiger partial charge is 0.452 e. The van der Waals surface area contributed by atoms with Crippen molar-refractivity contribution in [3.05, 3.63) is 129 Å². The van der Waals surface area contributed by atoms with Crippen molar-refractivity contribution in [1.29, 1.82) is 0 Å². The Morgan fingerprint density at radius 1 is 0.714 bits per heavy atom. The van der Waals surface area contributed by atoms with E-state index in [0.717, 1.165) is 66.3 Å². The molecule has 6 rings (SSSR count). The molecule has 49 heavy (non-hydrogen) atoms. The second kappa shape index (κ2) is 16.1. The Kier molecular flexibility index (Phi) is 11.4. The summed E-state index contributed by atoms with van der Waals surface area (Å²) in [5.41, 5.74) is 7.66. The quantitative estimate of drug-likeness (QED) is 0.105. The maximum Gasteiger partial charge on any atom is 0.307 e. The van der Waals surface area contributed by atoms with Gasteiger partial charge in [-0.15, -0.1) is 0 Å². The summed E-state index contributed by atoms with van der Waals surface area (Å²) in [5.74, 6) is -0.210. The number of amides is 2. The highest BCUT2D eigenvalue weighted by molar-refractivity contribution is 6.42. The van der Waals surface area contributed by atoms with E-state index in [9.17, 15) is 14.4 Å². The molecule has 254 valence electrons. The van der Waals surface area contributed by atoms with Crippen molar-refractivity contribution in [1.82, 2.24) is 10.2 Å². The minimum atomic E-state index is -0.439. The fraction of sp³-hybridized carbons (Fsp3) is 0.341. The zero-order valence-electron chi connectivity index (χ0n) is 27.8. The molecule has 8 heteroatoms. The Bertz CT molecular complexity index is 1780. The number of rotatable bonds is 14. The fourth-order valence-electron chi connectivity index (χ4n) is 7.26. The highest BCUT2D eigenvalue weighted by atomic mass is 35.5. The predicted octanol–water partition coefficient (Wildman–Crippen LogP) is 9.58. The predicted molar refractivity (Wildman–Crippen MR) is 195 cm³/mol. The molecular weight excluding hydrogens is 655 g/mol. The molecule has 0 saturated carbocycles. The van der Waals surface area contributed by atoms with Gasteiger partial charge >= 0.3 is 5.97 Å². The van der Waals surface area contributed by atoms with Gasteiger partial charge in [0.1, 0.15) is 0 Å². The molecule has 0 aliphatic heterocycles. The van der Waals surface area contributed by atoms with Gasteiger partial charge < -0.3 is 15.0 Å². The van der Waals surface area contributed by atoms with E-state index < -0.39 is 6.10 Å². The number of halogens is 2. The summed E-state index contributed by atoms with van der Waals surface area (Å²) in [4.78, 5) is 40.2. The molecule has 2 aliphatic rings. The van der Waals surface area contributed by atoms with Gasteiger partial charge in [-0.2, -0.15) is 0 Å². The number of carbonyl (C=O) groups is 3. The van der Waals surface area contributed by atoms with E-state index in [2.05, 4.69) is 17.4 Å². The summed E-state index contributed by atoms with van der Waals surface area (Å²) in [6.07, 6.45) is 5.64. The summed E-state index contributed by atoms with van der Waals surface area (Å²) in [6.45, 7) is 0.569. The van der Waals surface area contributed by atoms with Crippen LogP contribution >= 0.6 is 23.2 Å². The number of nitrogens with zero attached hydrogens (tertiary/aromatic N) is 1. The third-order valence-electron chi connectivity index (χ3n) is 9.87. The van der Waals surface area contributed by atoms with Crippen LogP contribution < -0.4 is 5.32 Å². The van der Waals surface area contributed by atoms with E-state index in [4.69, 9.17) is 27.9 Å². The summed E-state index contributed by atoms with van der Waals surface area (Å²) >= 11 is 12.5. The zero-order chi connectivity index (χ0) is 34.3. The number of hydrogen-bond acceptors (Lipinski definition) is 4. The lowest BCUT2D eigenvalue weighted by molar-refractivity contribution is -0.148. The Labute approximate surface area is 298 Å². The average molecular weight is 698 g/mol. The molecule has 4 aromatic carbocycles. The first-order chi connectivity index (χ1) is 23.8. The van der Waals surface area contributed by atoms with Crippen molar-refractivity contribution in [2.24, 2.45) is 0 Å². The monoisotopic (exact) mass is 696 g/mol. The van der Waals surface area contributed by atoms with Gasteiger partial charge in [0.25, 0.3) is 0 Å². The molecule has 0 fully saturated rings. The number of unbranched alkanes of at least 4 members (excludes halogenated alkanes) is 4. The van der Waals surface area contributed by atoms with E-state index in [-0.39, 0.29) is 42.6 Å². The van der Waals surface area contributed by atoms with Crippen LogP contribution in [0.4, 0.5) is 0 Å². The SMILES string of the molecule is CN(C(=O)CCCCCCCNC(=O)CCC(=O)OC1c2ccccc2-c2ccccc21)[C@@H]1C[C@@H](c2ccc(Cl)c(Cl)c2)c2ccccc21. The van der Waals surface area contributed by atoms with Gasteiger partial charge in [-0.1, -0.05) is 121 Å². The Balaban J connectivity index is 0.856. The molecule has 0 bridgehead atoms. The zero-order valence-corrected chi connectivity index (χ0v) is 29.3. The van der Waals surface area contributed by atoms with Gasteiger partial charge in [0, 0.05) is 43.5 Å². The molecule has 2 amide bonds. The van der Waals surface area contributed by atoms with Crippen molar-refractivity contribution in [2.75, 3.05) is 13.6 Å². The second-order valence-corrected chi connectivity index (χ2v) is 13.8. The Morgan fingerprint density at radius 2 is 1.33 bits per heavy atom. The van der Waals surface area contributed by atoms with Gasteiger partial charge in [-0.25, -0.2) is 0 Å². The number of benzene rings is 4. The van der Waals surface area contributed by atoms with Crippen LogP contribution in [0.2, 0.25) is 10.0 Å². The topological polar surface area (TPSA) is 75.7 Å². The highest BCUT2D eigenvalue weighted by Crippen LogP contribution is 2.47. The van der Waals surface area contributed by atoms with Gasteiger partial charge in [-0.05, 0) is 59.2 Å². The number of nitrogens with one attached hydrogen (secondary N) is 1. The second-order valence-electron chi connectivity index (χ2n) is 13.0. The van der Waals surface area contributed by atoms with Gasteiger partial charge in [0.15, 0.2) is 6.10 Å². The number of ether oxygens (including phenoxy) is 1. The lowest BCUT2D eigenvalue weighted by atomic mass is 9.93. The standard InChI is InChI=1S/C41H42Cl2N2O4/c1-45(37-26-34(30-15-6-9-16-31(30)37)27-20-21-35(42)36(43)25-27)39(47)19-5-3-2-4-12-24-44-38(46)22-23-40(48)49-41-32-17-10-7-13-28(32)29-14-8-11-18-33(29)41/h6-11,13-18,20-21,25,34,37,41H,2-5,12,19,22-24,26H2,1H3,(H,44,46)/t34-,37+/m0/s1. The summed E-state index contributed by atoms with van der Waals surface area (Å²) in [5, 5.41) is 4.01. The number of hydrogen-bond donors (Lipinski definition) is 1. The van der Waals surface area contributed by atoms with E-state index >= 15 is 0 Å². The van der Waals surface area contributed by atoms with Crippen LogP contribution in [0.15, 0.2) is 91.0 Å². The van der Waals surface area contributed by atoms with Gasteiger partial charge in [0.2, 0.25) is 11.8 Å². The smallest absolute Gasteiger partial charge is 0.307 e. The Morgan fingerprint density at radius 3 is 2.02 bits per heavy atom. The van der Waals surface area contributed by atoms with E-state index in [1.807, 2.05) is 90.8 Å². The molecule has 0 aromatic heterocycles. The van der Waals surface area contributed by atoms with Gasteiger partial charge in [-0.3, -0.25) is 14.4 Å². The minimum Gasteiger partial charge on any atom is -0.452 e. The minimum absolute atomic E-state index is 0.0183. The van der Waals surface area contributed by atoms with E-state index in [1.165, 1.54) is 11.1 Å². The summed E-state index contributed by atoms with van der Waals surface area (Å²) in [6, 6.07) is 30.1. The Hall–Kier alpha value is -4.13. The van der Waals surface area contributed by atoms with Crippen molar-refractivity contribution in [2.45, 2.75) is 75.9 Å². The first-order valence-corrected chi connectivity index (χ1v) is 18.0. The maximum absolute atomic E-state index is 13.2. The molecule has 2 aliphatic carbocycles. The van der Waals surface area contributed by atoms with Crippen molar-refractivity contribution < 1.29 is 19.1 Å². The van der Waals surface area contributed by atoms with Crippen LogP contribution in [0.5, 0.6) is 0 Å². The molecule has 4 aromatic rings. The van der Waals surface area contributed by atoms with Gasteiger partial charge in [0.05, 0.1) is 22.5 Å². The molecule has 6 nitrogen and oxygen atoms in total. The van der Waals surface area contributed by atoms with Crippen LogP contribution in [-0.2, 0) is 19.1 Å². The normalized spacial score (nSPS) is 16.1. The molecule has 2 atom stereocenters. The maximum atomic E-state index is 13.2. The molecule has 0 saturated heterocycles. The van der Waals surface area contributed by atoms with Crippen LogP contribution in [0.25, 0.3) is 11.1 Å². The average Bonchev–Trinajstić information content (AvgIpc) is 3.66. The first kappa shape index (κ1) is 34.7. The highest BCUT2D eigenvalue weighted by Gasteiger charge is 2.36. The molecular formula is C41H42Cl2N2O4. The van der Waals surface area contributed by atoms with Crippen LogP contribution in [0.1, 0.15) is 104 Å². The molecule has 1 N–H and O–H groups in total. The first-order valence-electron chi connectivity index (χ1n) is 17.3. The third-order valence-corrected chi connectivity index (χ3v) is 10.6. The van der Waals surface area contributed by atoms with Crippen LogP contribution in [0, 0.1) is 0 Å². The lowest BCUT2D eigenvalue weighted by Crippen LogP contribution is -2.30. The fourth-order valence-corrected chi connectivity index (χ4v) is 7.57. The molecule has 0 unspecified atom stereocenters. The lowest BCUT2D eigenvalue weighted by Gasteiger charge is -2.26. The van der Waals surface area contributed by atoms with Crippen LogP contribution in [-0.4, -0.2) is 36.3 Å². The van der Waals surface area contributed by atoms with Crippen molar-refractivity contribution in [3.63, 3.8) is 0 Å².